The molecule has 1 saturated heterocycles. The van der Waals surface area contributed by atoms with E-state index in [1.807, 2.05) is 25.2 Å². The van der Waals surface area contributed by atoms with Crippen molar-refractivity contribution in [2.24, 2.45) is 10.9 Å². The van der Waals surface area contributed by atoms with Crippen LogP contribution < -0.4 is 10.6 Å². The van der Waals surface area contributed by atoms with Crippen LogP contribution in [0, 0.1) is 5.92 Å². The molecule has 0 aromatic heterocycles. The van der Waals surface area contributed by atoms with Crippen molar-refractivity contribution in [2.75, 3.05) is 60.5 Å². The van der Waals surface area contributed by atoms with Crippen molar-refractivity contribution in [3.63, 3.8) is 0 Å². The minimum absolute atomic E-state index is 0. The Morgan fingerprint density at radius 3 is 2.67 bits per heavy atom. The summed E-state index contributed by atoms with van der Waals surface area (Å²) in [7, 11) is 6.20. The number of piperazine rings is 1. The Balaban J connectivity index is 0.00000364. The predicted octanol–water partition coefficient (Wildman–Crippen LogP) is 1.87. The van der Waals surface area contributed by atoms with Crippen LogP contribution in [-0.4, -0.2) is 82.3 Å². The summed E-state index contributed by atoms with van der Waals surface area (Å²) in [6.45, 7) is 8.67. The Hall–Kier alpha value is -0.900. The molecule has 6 nitrogen and oxygen atoms in total. The quantitative estimate of drug-likeness (QED) is 0.332. The number of likely N-dealkylation sites (N-methyl/N-ethyl adjacent to an activating group) is 2. The molecule has 0 bridgehead atoms. The van der Waals surface area contributed by atoms with Crippen molar-refractivity contribution in [2.45, 2.75) is 19.6 Å². The maximum absolute atomic E-state index is 5.82. The van der Waals surface area contributed by atoms with Crippen LogP contribution in [-0.2, 0) is 11.3 Å². The van der Waals surface area contributed by atoms with Crippen molar-refractivity contribution < 1.29 is 4.74 Å². The molecule has 0 saturated carbocycles. The van der Waals surface area contributed by atoms with Gasteiger partial charge in [-0.15, -0.1) is 24.0 Å². The van der Waals surface area contributed by atoms with E-state index in [1.165, 1.54) is 5.56 Å². The van der Waals surface area contributed by atoms with Crippen molar-refractivity contribution >= 4 is 29.9 Å². The number of aliphatic imine (C=N–C) groups is 1. The number of guanidine groups is 1. The topological polar surface area (TPSA) is 52.1 Å². The monoisotopic (exact) mass is 489 g/mol. The molecule has 2 atom stereocenters. The molecule has 0 radical (unpaired) electrons. The maximum Gasteiger partial charge on any atom is 0.191 e. The molecule has 0 aliphatic carbocycles. The molecule has 27 heavy (non-hydrogen) atoms. The summed E-state index contributed by atoms with van der Waals surface area (Å²) >= 11 is 0. The molecule has 1 aliphatic rings. The van der Waals surface area contributed by atoms with Gasteiger partial charge in [-0.2, -0.15) is 0 Å². The number of ether oxygens (including phenoxy) is 1. The van der Waals surface area contributed by atoms with E-state index in [9.17, 15) is 0 Å². The van der Waals surface area contributed by atoms with Gasteiger partial charge >= 0.3 is 0 Å². The molecule has 0 amide bonds. The lowest BCUT2D eigenvalue weighted by Gasteiger charge is -2.38. The number of nitrogens with zero attached hydrogens (tertiary/aromatic N) is 3. The highest BCUT2D eigenvalue weighted by atomic mass is 127. The van der Waals surface area contributed by atoms with Gasteiger partial charge in [0.15, 0.2) is 5.96 Å². The minimum atomic E-state index is 0. The molecule has 0 spiro atoms. The largest absolute Gasteiger partial charge is 0.376 e. The molecule has 1 heterocycles. The molecule has 1 aliphatic heterocycles. The second-order valence-corrected chi connectivity index (χ2v) is 7.34. The molecule has 1 aromatic rings. The molecule has 1 aromatic carbocycles. The van der Waals surface area contributed by atoms with E-state index in [4.69, 9.17) is 4.74 Å². The van der Waals surface area contributed by atoms with Crippen LogP contribution in [0.4, 0.5) is 0 Å². The molecule has 7 heteroatoms. The van der Waals surface area contributed by atoms with Crippen LogP contribution in [0.15, 0.2) is 35.3 Å². The Morgan fingerprint density at radius 1 is 1.22 bits per heavy atom. The van der Waals surface area contributed by atoms with E-state index in [-0.39, 0.29) is 24.0 Å². The smallest absolute Gasteiger partial charge is 0.191 e. The Morgan fingerprint density at radius 2 is 1.96 bits per heavy atom. The number of hydrogen-bond donors (Lipinski definition) is 2. The third-order valence-corrected chi connectivity index (χ3v) is 4.84. The normalized spacial score (nSPS) is 20.0. The molecular weight excluding hydrogens is 453 g/mol. The molecular formula is C20H36IN5O. The van der Waals surface area contributed by atoms with Gasteiger partial charge in [0.25, 0.3) is 0 Å². The number of hydrogen-bond acceptors (Lipinski definition) is 4. The first-order chi connectivity index (χ1) is 12.6. The third kappa shape index (κ3) is 9.23. The molecule has 2 rings (SSSR count). The molecule has 1 fully saturated rings. The van der Waals surface area contributed by atoms with Gasteiger partial charge < -0.3 is 20.3 Å². The molecule has 2 N–H and O–H groups in total. The van der Waals surface area contributed by atoms with Gasteiger partial charge in [-0.25, -0.2) is 0 Å². The average molecular weight is 489 g/mol. The number of rotatable bonds is 8. The third-order valence-electron chi connectivity index (χ3n) is 4.84. The maximum atomic E-state index is 5.82. The summed E-state index contributed by atoms with van der Waals surface area (Å²) in [6.07, 6.45) is 0. The Bertz CT molecular complexity index is 542. The number of benzene rings is 1. The van der Waals surface area contributed by atoms with Crippen LogP contribution in [0.2, 0.25) is 0 Å². The van der Waals surface area contributed by atoms with E-state index in [0.717, 1.165) is 45.3 Å². The van der Waals surface area contributed by atoms with Crippen molar-refractivity contribution in [3.8, 4) is 0 Å². The lowest BCUT2D eigenvalue weighted by Crippen LogP contribution is -2.55. The van der Waals surface area contributed by atoms with Crippen LogP contribution in [0.5, 0.6) is 0 Å². The fourth-order valence-corrected chi connectivity index (χ4v) is 3.04. The fraction of sp³-hybridized carbons (Fsp3) is 0.650. The molecule has 2 unspecified atom stereocenters. The second-order valence-electron chi connectivity index (χ2n) is 7.34. The summed E-state index contributed by atoms with van der Waals surface area (Å²) in [5.41, 5.74) is 1.21. The zero-order chi connectivity index (χ0) is 18.8. The highest BCUT2D eigenvalue weighted by molar-refractivity contribution is 14.0. The SMILES string of the molecule is CN=C(NCC(C)COCc1ccccc1)NCC1CN(C)CCN1C.I. The first-order valence-corrected chi connectivity index (χ1v) is 9.53. The summed E-state index contributed by atoms with van der Waals surface area (Å²) in [6, 6.07) is 10.8. The minimum Gasteiger partial charge on any atom is -0.376 e. The van der Waals surface area contributed by atoms with Crippen molar-refractivity contribution in [1.82, 2.24) is 20.4 Å². The summed E-state index contributed by atoms with van der Waals surface area (Å²) in [5.74, 6) is 1.28. The second kappa shape index (κ2) is 13.3. The van der Waals surface area contributed by atoms with Crippen LogP contribution in [0.1, 0.15) is 12.5 Å². The van der Waals surface area contributed by atoms with Gasteiger partial charge in [0, 0.05) is 45.8 Å². The average Bonchev–Trinajstić information content (AvgIpc) is 2.65. The zero-order valence-electron chi connectivity index (χ0n) is 17.1. The van der Waals surface area contributed by atoms with Crippen LogP contribution >= 0.6 is 24.0 Å². The van der Waals surface area contributed by atoms with E-state index < -0.39 is 0 Å². The number of halogens is 1. The Labute approximate surface area is 181 Å². The van der Waals surface area contributed by atoms with E-state index in [2.05, 4.69) is 58.6 Å². The van der Waals surface area contributed by atoms with Crippen LogP contribution in [0.25, 0.3) is 0 Å². The fourth-order valence-electron chi connectivity index (χ4n) is 3.04. The van der Waals surface area contributed by atoms with Crippen molar-refractivity contribution in [3.05, 3.63) is 35.9 Å². The van der Waals surface area contributed by atoms with Crippen LogP contribution in [0.3, 0.4) is 0 Å². The summed E-state index contributed by atoms with van der Waals surface area (Å²) in [5, 5.41) is 6.87. The van der Waals surface area contributed by atoms with Crippen molar-refractivity contribution in [1.29, 1.82) is 0 Å². The number of nitrogens with one attached hydrogen (secondary N) is 2. The standard InChI is InChI=1S/C20H35N5O.HI/c1-17(15-26-16-18-8-6-5-7-9-18)12-22-20(21-2)23-13-19-14-24(3)10-11-25(19)4;/h5-9,17,19H,10-16H2,1-4H3,(H2,21,22,23);1H. The van der Waals surface area contributed by atoms with Gasteiger partial charge in [-0.05, 0) is 25.6 Å². The Kier molecular flexibility index (Phi) is 11.9. The van der Waals surface area contributed by atoms with Gasteiger partial charge in [0.2, 0.25) is 0 Å². The highest BCUT2D eigenvalue weighted by Crippen LogP contribution is 2.05. The van der Waals surface area contributed by atoms with E-state index >= 15 is 0 Å². The lowest BCUT2D eigenvalue weighted by atomic mass is 10.2. The summed E-state index contributed by atoms with van der Waals surface area (Å²) < 4.78 is 5.82. The van der Waals surface area contributed by atoms with Gasteiger partial charge in [0.1, 0.15) is 0 Å². The first kappa shape index (κ1) is 24.1. The highest BCUT2D eigenvalue weighted by Gasteiger charge is 2.22. The first-order valence-electron chi connectivity index (χ1n) is 9.53. The summed E-state index contributed by atoms with van der Waals surface area (Å²) in [4.78, 5) is 9.14. The van der Waals surface area contributed by atoms with Gasteiger partial charge in [-0.1, -0.05) is 37.3 Å². The predicted molar refractivity (Wildman–Crippen MR) is 124 cm³/mol. The van der Waals surface area contributed by atoms with E-state index in [1.54, 1.807) is 0 Å². The zero-order valence-corrected chi connectivity index (χ0v) is 19.5. The van der Waals surface area contributed by atoms with E-state index in [0.29, 0.717) is 18.6 Å². The molecule has 154 valence electrons. The van der Waals surface area contributed by atoms with Gasteiger partial charge in [0.05, 0.1) is 13.2 Å². The lowest BCUT2D eigenvalue weighted by molar-refractivity contribution is 0.0930. The van der Waals surface area contributed by atoms with Gasteiger partial charge in [-0.3, -0.25) is 9.89 Å².